The Morgan fingerprint density at radius 3 is 2.73 bits per heavy atom. The molecule has 1 aliphatic heterocycles. The molecular weight excluding hydrogens is 334 g/mol. The summed E-state index contributed by atoms with van der Waals surface area (Å²) in [6, 6.07) is -7.53. The summed E-state index contributed by atoms with van der Waals surface area (Å²) in [7, 11) is 1.35. The van der Waals surface area contributed by atoms with Crippen LogP contribution in [0.3, 0.4) is 0 Å². The Balaban J connectivity index is 2.61. The molecule has 0 aliphatic carbocycles. The maximum atomic E-state index is 13.2. The summed E-state index contributed by atoms with van der Waals surface area (Å²) in [4.78, 5) is 39.8. The summed E-state index contributed by atoms with van der Waals surface area (Å²) in [5, 5.41) is 13.7. The molecule has 0 bridgehead atoms. The van der Waals surface area contributed by atoms with Crippen molar-refractivity contribution in [2.75, 3.05) is 13.6 Å². The largest absolute Gasteiger partial charge is 0.383 e. The lowest BCUT2D eigenvalue weighted by Gasteiger charge is -2.24. The van der Waals surface area contributed by atoms with Gasteiger partial charge < -0.3 is 20.6 Å². The zero-order valence-electron chi connectivity index (χ0n) is 23.7. The highest BCUT2D eigenvalue weighted by Crippen LogP contribution is 2.24. The van der Waals surface area contributed by atoms with Gasteiger partial charge in [0.15, 0.2) is 0 Å². The van der Waals surface area contributed by atoms with Crippen LogP contribution in [0.1, 0.15) is 50.2 Å². The highest BCUT2D eigenvalue weighted by atomic mass is 16.3. The highest BCUT2D eigenvalue weighted by Gasteiger charge is 2.32. The number of fused-ring (bicyclic) bond motifs is 1. The molecule has 1 aliphatic rings. The van der Waals surface area contributed by atoms with E-state index in [4.69, 9.17) is 12.3 Å². The molecule has 3 N–H and O–H groups in total. The number of carbonyl (C=O) groups is 3. The Bertz CT molecular complexity index is 1060. The molecule has 0 radical (unpaired) electrons. The Hall–Kier alpha value is -2.41. The summed E-state index contributed by atoms with van der Waals surface area (Å²) in [6.45, 7) is -0.920. The van der Waals surface area contributed by atoms with Crippen LogP contribution in [0.15, 0.2) is 24.2 Å². The minimum absolute atomic E-state index is 0.0170. The fourth-order valence-corrected chi connectivity index (χ4v) is 2.36. The lowest BCUT2D eigenvalue weighted by molar-refractivity contribution is -0.137. The van der Waals surface area contributed by atoms with E-state index in [1.165, 1.54) is 20.9 Å². The number of nitrogens with zero attached hydrogens (tertiary/aromatic N) is 1. The molecule has 1 aromatic rings. The second kappa shape index (κ2) is 8.31. The molecule has 7 heteroatoms. The van der Waals surface area contributed by atoms with E-state index in [9.17, 15) is 19.5 Å². The van der Waals surface area contributed by atoms with Gasteiger partial charge in [-0.1, -0.05) is 38.0 Å². The minimum atomic E-state index is -3.53. The number of carbonyl (C=O) groups excluding carboxylic acids is 3. The third-order valence-corrected chi connectivity index (χ3v) is 3.93. The number of nitrogens with one attached hydrogen (secondary N) is 2. The molecule has 3 atom stereocenters. The fraction of sp³-hybridized carbons (Fsp3) is 0.526. The van der Waals surface area contributed by atoms with E-state index in [1.807, 2.05) is 0 Å². The number of hydrogen-bond acceptors (Lipinski definition) is 4. The lowest BCUT2D eigenvalue weighted by atomic mass is 9.99. The van der Waals surface area contributed by atoms with Gasteiger partial charge >= 0.3 is 0 Å². The van der Waals surface area contributed by atoms with Gasteiger partial charge in [-0.2, -0.15) is 0 Å². The molecule has 1 aromatic carbocycles. The van der Waals surface area contributed by atoms with E-state index in [-0.39, 0.29) is 24.1 Å². The summed E-state index contributed by atoms with van der Waals surface area (Å²) in [5.74, 6) is -5.19. The van der Waals surface area contributed by atoms with Crippen molar-refractivity contribution in [3.05, 3.63) is 35.3 Å². The third-order valence-electron chi connectivity index (χ3n) is 3.93. The molecule has 7 nitrogen and oxygen atoms in total. The van der Waals surface area contributed by atoms with Crippen LogP contribution >= 0.6 is 0 Å². The molecule has 2 rings (SSSR count). The monoisotopic (exact) mass is 370 g/mol. The van der Waals surface area contributed by atoms with Gasteiger partial charge in [-0.3, -0.25) is 14.4 Å². The summed E-state index contributed by atoms with van der Waals surface area (Å²) < 4.78 is 71.3. The Morgan fingerprint density at radius 2 is 2.08 bits per heavy atom. The van der Waals surface area contributed by atoms with E-state index in [0.717, 1.165) is 4.90 Å². The van der Waals surface area contributed by atoms with Crippen molar-refractivity contribution in [3.63, 3.8) is 0 Å². The number of aliphatic hydroxyl groups is 1. The molecular formula is C19H27N3O4. The highest BCUT2D eigenvalue weighted by molar-refractivity contribution is 5.93. The van der Waals surface area contributed by atoms with Gasteiger partial charge in [-0.15, -0.1) is 0 Å². The van der Waals surface area contributed by atoms with Crippen LogP contribution in [-0.4, -0.2) is 53.4 Å². The van der Waals surface area contributed by atoms with Crippen LogP contribution < -0.4 is 10.6 Å². The van der Waals surface area contributed by atoms with Crippen molar-refractivity contribution in [2.24, 2.45) is 5.92 Å². The zero-order chi connectivity index (χ0) is 27.3. The maximum Gasteiger partial charge on any atom is 0.249 e. The predicted molar refractivity (Wildman–Crippen MR) is 97.1 cm³/mol. The Labute approximate surface area is 166 Å². The molecule has 3 amide bonds. The SMILES string of the molecule is [2H]c1c([2H])c([2H])c2c(c1[2H])CCN(C)C(=O)[C@H]2NC(=O)[C@@]([2H])(NC(=O)[C@@]([2H])(O)C(C)C)C([2H])([2H])[2H]. The number of amides is 3. The quantitative estimate of drug-likeness (QED) is 0.698. The molecule has 0 aromatic heterocycles. The zero-order valence-corrected chi connectivity index (χ0v) is 14.7. The van der Waals surface area contributed by atoms with E-state index < -0.39 is 72.8 Å². The number of likely N-dealkylation sites (N-methyl/N-ethyl adjacent to an activating group) is 1. The fourth-order valence-electron chi connectivity index (χ4n) is 2.36. The van der Waals surface area contributed by atoms with Crippen molar-refractivity contribution in [1.29, 1.82) is 0 Å². The molecule has 0 saturated carbocycles. The Morgan fingerprint density at radius 1 is 1.38 bits per heavy atom. The predicted octanol–water partition coefficient (Wildman–Crippen LogP) is 0.380. The van der Waals surface area contributed by atoms with Gasteiger partial charge in [0.1, 0.15) is 18.1 Å². The van der Waals surface area contributed by atoms with Gasteiger partial charge in [0.2, 0.25) is 17.7 Å². The lowest BCUT2D eigenvalue weighted by Crippen LogP contribution is -2.51. The average Bonchev–Trinajstić information content (AvgIpc) is 2.86. The molecule has 0 spiro atoms. The first-order chi connectivity index (χ1) is 15.8. The molecule has 142 valence electrons. The van der Waals surface area contributed by atoms with Crippen molar-refractivity contribution in [2.45, 2.75) is 45.3 Å². The van der Waals surface area contributed by atoms with Gasteiger partial charge in [0.25, 0.3) is 0 Å². The third kappa shape index (κ3) is 4.40. The van der Waals surface area contributed by atoms with Crippen molar-refractivity contribution >= 4 is 17.7 Å². The van der Waals surface area contributed by atoms with E-state index >= 15 is 0 Å². The van der Waals surface area contributed by atoms with E-state index in [1.54, 1.807) is 5.32 Å². The summed E-state index contributed by atoms with van der Waals surface area (Å²) in [5.41, 5.74) is -0.245. The van der Waals surface area contributed by atoms with Gasteiger partial charge in [-0.05, 0) is 30.3 Å². The molecule has 0 unspecified atom stereocenters. The summed E-state index contributed by atoms with van der Waals surface area (Å²) in [6.07, 6.45) is -2.86. The van der Waals surface area contributed by atoms with Crippen molar-refractivity contribution < 1.29 is 31.8 Å². The first-order valence-corrected chi connectivity index (χ1v) is 7.99. The van der Waals surface area contributed by atoms with Crippen molar-refractivity contribution in [3.8, 4) is 0 Å². The molecule has 1 heterocycles. The van der Waals surface area contributed by atoms with Crippen LogP contribution in [0.5, 0.6) is 0 Å². The van der Waals surface area contributed by atoms with E-state index in [2.05, 4.69) is 5.32 Å². The van der Waals surface area contributed by atoms with Crippen molar-refractivity contribution in [1.82, 2.24) is 15.5 Å². The first-order valence-electron chi connectivity index (χ1n) is 12.5. The first kappa shape index (κ1) is 10.7. The number of hydrogen-bond donors (Lipinski definition) is 3. The Kier molecular flexibility index (Phi) is 3.41. The standard InChI is InChI=1S/C19H27N3O4/c1-11(2)16(23)18(25)20-12(3)17(24)21-15-14-8-6-5-7-13(14)9-10-22(4)19(15)26/h5-8,11-12,15-16,23H,9-10H2,1-4H3,(H,20,25)(H,21,24)/t12-,15-,16-/m0/s1/i3D3,5D,6D,7D,8D,12D,16D. The van der Waals surface area contributed by atoms with Crippen LogP contribution in [0.2, 0.25) is 0 Å². The van der Waals surface area contributed by atoms with Crippen LogP contribution in [0.25, 0.3) is 0 Å². The van der Waals surface area contributed by atoms with Crippen LogP contribution in [-0.2, 0) is 20.8 Å². The van der Waals surface area contributed by atoms with Crippen LogP contribution in [0.4, 0.5) is 0 Å². The summed E-state index contributed by atoms with van der Waals surface area (Å²) >= 11 is 0. The number of benzene rings is 1. The average molecular weight is 370 g/mol. The van der Waals surface area contributed by atoms with Gasteiger partial charge in [0.05, 0.1) is 8.22 Å². The molecule has 0 saturated heterocycles. The topological polar surface area (TPSA) is 98.7 Å². The van der Waals surface area contributed by atoms with Gasteiger partial charge in [-0.25, -0.2) is 0 Å². The normalized spacial score (nSPS) is 27.3. The maximum absolute atomic E-state index is 13.2. The second-order valence-corrected chi connectivity index (χ2v) is 6.18. The smallest absolute Gasteiger partial charge is 0.249 e. The van der Waals surface area contributed by atoms with Gasteiger partial charge in [0, 0.05) is 17.7 Å². The minimum Gasteiger partial charge on any atom is -0.383 e. The van der Waals surface area contributed by atoms with Crippen LogP contribution in [0, 0.1) is 5.92 Å². The number of rotatable bonds is 5. The van der Waals surface area contributed by atoms with E-state index in [0.29, 0.717) is 0 Å². The molecule has 26 heavy (non-hydrogen) atoms. The molecule has 0 fully saturated rings. The second-order valence-electron chi connectivity index (χ2n) is 6.18.